The van der Waals surface area contributed by atoms with E-state index in [0.29, 0.717) is 14.9 Å². The van der Waals surface area contributed by atoms with Crippen LogP contribution in [0.25, 0.3) is 0 Å². The molecule has 0 spiro atoms. The zero-order valence-electron chi connectivity index (χ0n) is 7.79. The SMILES string of the molecule is CC(C)OS(=O)c1ccc(Cl)c(Cl)c1. The Bertz CT molecular complexity index is 353. The Hall–Kier alpha value is -0.0900. The normalized spacial score (nSPS) is 13.2. The lowest BCUT2D eigenvalue weighted by atomic mass is 10.4. The molecule has 0 aliphatic carbocycles. The first-order valence-corrected chi connectivity index (χ1v) is 5.87. The quantitative estimate of drug-likeness (QED) is 0.824. The number of hydrogen-bond acceptors (Lipinski definition) is 2. The minimum atomic E-state index is -1.48. The molecule has 0 saturated carbocycles. The Morgan fingerprint density at radius 3 is 2.43 bits per heavy atom. The number of halogens is 2. The summed E-state index contributed by atoms with van der Waals surface area (Å²) < 4.78 is 16.6. The lowest BCUT2D eigenvalue weighted by molar-refractivity contribution is 0.270. The molecule has 1 atom stereocenters. The summed E-state index contributed by atoms with van der Waals surface area (Å²) in [6.07, 6.45) is -0.0923. The Morgan fingerprint density at radius 2 is 1.93 bits per heavy atom. The van der Waals surface area contributed by atoms with Gasteiger partial charge in [0.25, 0.3) is 0 Å². The molecule has 0 aliphatic rings. The number of rotatable bonds is 3. The van der Waals surface area contributed by atoms with E-state index in [1.54, 1.807) is 18.2 Å². The van der Waals surface area contributed by atoms with Gasteiger partial charge < -0.3 is 0 Å². The lowest BCUT2D eigenvalue weighted by Gasteiger charge is -2.06. The van der Waals surface area contributed by atoms with Gasteiger partial charge in [0.1, 0.15) is 0 Å². The fourth-order valence-corrected chi connectivity index (χ4v) is 2.03. The van der Waals surface area contributed by atoms with Crippen LogP contribution in [-0.4, -0.2) is 10.3 Å². The first kappa shape index (κ1) is 12.0. The van der Waals surface area contributed by atoms with Crippen LogP contribution < -0.4 is 0 Å². The molecule has 0 radical (unpaired) electrons. The predicted molar refractivity (Wildman–Crippen MR) is 59.1 cm³/mol. The second kappa shape index (κ2) is 5.12. The zero-order chi connectivity index (χ0) is 10.7. The molecule has 14 heavy (non-hydrogen) atoms. The largest absolute Gasteiger partial charge is 0.284 e. The Labute approximate surface area is 95.8 Å². The fraction of sp³-hybridized carbons (Fsp3) is 0.333. The van der Waals surface area contributed by atoms with E-state index in [9.17, 15) is 4.21 Å². The topological polar surface area (TPSA) is 26.3 Å². The molecule has 2 nitrogen and oxygen atoms in total. The Balaban J connectivity index is 2.86. The summed E-state index contributed by atoms with van der Waals surface area (Å²) in [6, 6.07) is 4.77. The summed E-state index contributed by atoms with van der Waals surface area (Å²) >= 11 is 10.0. The van der Waals surface area contributed by atoms with Crippen LogP contribution in [-0.2, 0) is 15.3 Å². The van der Waals surface area contributed by atoms with Gasteiger partial charge in [-0.2, -0.15) is 0 Å². The summed E-state index contributed by atoms with van der Waals surface area (Å²) in [6.45, 7) is 3.63. The number of benzene rings is 1. The van der Waals surface area contributed by atoms with E-state index < -0.39 is 11.1 Å². The van der Waals surface area contributed by atoms with E-state index in [1.165, 1.54) is 0 Å². The highest BCUT2D eigenvalue weighted by Gasteiger charge is 2.08. The first-order valence-electron chi connectivity index (χ1n) is 4.04. The van der Waals surface area contributed by atoms with Crippen molar-refractivity contribution < 1.29 is 8.39 Å². The van der Waals surface area contributed by atoms with Gasteiger partial charge in [0.2, 0.25) is 0 Å². The molecular weight excluding hydrogens is 243 g/mol. The van der Waals surface area contributed by atoms with Gasteiger partial charge in [0.15, 0.2) is 11.1 Å². The van der Waals surface area contributed by atoms with Crippen LogP contribution in [0.5, 0.6) is 0 Å². The van der Waals surface area contributed by atoms with Gasteiger partial charge in [-0.15, -0.1) is 0 Å². The minimum absolute atomic E-state index is 0.0923. The van der Waals surface area contributed by atoms with Gasteiger partial charge in [-0.3, -0.25) is 4.18 Å². The van der Waals surface area contributed by atoms with Crippen molar-refractivity contribution in [3.05, 3.63) is 28.2 Å². The van der Waals surface area contributed by atoms with Gasteiger partial charge in [0.05, 0.1) is 21.0 Å². The van der Waals surface area contributed by atoms with Gasteiger partial charge >= 0.3 is 0 Å². The van der Waals surface area contributed by atoms with Crippen LogP contribution in [0.2, 0.25) is 10.0 Å². The highest BCUT2D eigenvalue weighted by Crippen LogP contribution is 2.24. The van der Waals surface area contributed by atoms with Gasteiger partial charge in [0, 0.05) is 0 Å². The van der Waals surface area contributed by atoms with E-state index in [2.05, 4.69) is 0 Å². The predicted octanol–water partition coefficient (Wildman–Crippen LogP) is 3.44. The second-order valence-corrected chi connectivity index (χ2v) is 4.90. The van der Waals surface area contributed by atoms with Crippen molar-refractivity contribution >= 4 is 34.3 Å². The summed E-state index contributed by atoms with van der Waals surface area (Å²) in [5.74, 6) is 0. The van der Waals surface area contributed by atoms with Crippen LogP contribution in [0.4, 0.5) is 0 Å². The first-order chi connectivity index (χ1) is 6.50. The molecule has 1 rings (SSSR count). The van der Waals surface area contributed by atoms with Crippen LogP contribution in [0.3, 0.4) is 0 Å². The third-order valence-electron chi connectivity index (χ3n) is 1.36. The average molecular weight is 253 g/mol. The van der Waals surface area contributed by atoms with Crippen molar-refractivity contribution in [3.63, 3.8) is 0 Å². The molecule has 0 aliphatic heterocycles. The maximum absolute atomic E-state index is 11.5. The molecule has 0 saturated heterocycles. The maximum atomic E-state index is 11.5. The molecule has 0 aromatic heterocycles. The van der Waals surface area contributed by atoms with Crippen molar-refractivity contribution in [2.24, 2.45) is 0 Å². The van der Waals surface area contributed by atoms with Crippen molar-refractivity contribution in [3.8, 4) is 0 Å². The van der Waals surface area contributed by atoms with Crippen LogP contribution in [0, 0.1) is 0 Å². The molecule has 1 aromatic rings. The summed E-state index contributed by atoms with van der Waals surface area (Å²) in [7, 11) is 0. The lowest BCUT2D eigenvalue weighted by Crippen LogP contribution is -2.05. The fourth-order valence-electron chi connectivity index (χ4n) is 0.811. The second-order valence-electron chi connectivity index (χ2n) is 2.96. The molecule has 0 N–H and O–H groups in total. The van der Waals surface area contributed by atoms with Crippen LogP contribution >= 0.6 is 23.2 Å². The standard InChI is InChI=1S/C9H10Cl2O2S/c1-6(2)13-14(12)7-3-4-8(10)9(11)5-7/h3-6H,1-2H3. The van der Waals surface area contributed by atoms with Crippen molar-refractivity contribution in [1.29, 1.82) is 0 Å². The summed E-state index contributed by atoms with van der Waals surface area (Å²) in [4.78, 5) is 0.521. The van der Waals surface area contributed by atoms with E-state index in [0.717, 1.165) is 0 Å². The summed E-state index contributed by atoms with van der Waals surface area (Å²) in [5, 5.41) is 0.821. The molecule has 1 aromatic carbocycles. The average Bonchev–Trinajstić information content (AvgIpc) is 2.08. The van der Waals surface area contributed by atoms with E-state index in [1.807, 2.05) is 13.8 Å². The van der Waals surface area contributed by atoms with Gasteiger partial charge in [-0.1, -0.05) is 23.2 Å². The monoisotopic (exact) mass is 252 g/mol. The van der Waals surface area contributed by atoms with Crippen LogP contribution in [0.15, 0.2) is 23.1 Å². The highest BCUT2D eigenvalue weighted by molar-refractivity contribution is 7.80. The maximum Gasteiger partial charge on any atom is 0.189 e. The Morgan fingerprint density at radius 1 is 1.29 bits per heavy atom. The van der Waals surface area contributed by atoms with Crippen molar-refractivity contribution in [2.75, 3.05) is 0 Å². The Kier molecular flexibility index (Phi) is 4.38. The third-order valence-corrected chi connectivity index (χ3v) is 3.30. The van der Waals surface area contributed by atoms with E-state index in [4.69, 9.17) is 27.4 Å². The zero-order valence-corrected chi connectivity index (χ0v) is 10.1. The molecule has 0 heterocycles. The van der Waals surface area contributed by atoms with Crippen molar-refractivity contribution in [1.82, 2.24) is 0 Å². The smallest absolute Gasteiger partial charge is 0.189 e. The molecule has 1 unspecified atom stereocenters. The highest BCUT2D eigenvalue weighted by atomic mass is 35.5. The van der Waals surface area contributed by atoms with Gasteiger partial charge in [-0.25, -0.2) is 4.21 Å². The van der Waals surface area contributed by atoms with Crippen LogP contribution in [0.1, 0.15) is 13.8 Å². The molecule has 0 amide bonds. The van der Waals surface area contributed by atoms with Gasteiger partial charge in [-0.05, 0) is 32.0 Å². The molecule has 0 fully saturated rings. The van der Waals surface area contributed by atoms with E-state index >= 15 is 0 Å². The molecule has 0 bridgehead atoms. The molecule has 78 valence electrons. The minimum Gasteiger partial charge on any atom is -0.284 e. The number of hydrogen-bond donors (Lipinski definition) is 0. The third kappa shape index (κ3) is 3.24. The van der Waals surface area contributed by atoms with Crippen molar-refractivity contribution in [2.45, 2.75) is 24.8 Å². The molecule has 5 heteroatoms. The van der Waals surface area contributed by atoms with E-state index in [-0.39, 0.29) is 6.10 Å². The summed E-state index contributed by atoms with van der Waals surface area (Å²) in [5.41, 5.74) is 0. The molecular formula is C9H10Cl2O2S.